The van der Waals surface area contributed by atoms with E-state index in [1.54, 1.807) is 9.58 Å². The fraction of sp³-hybridized carbons (Fsp3) is 0.367. The molecule has 1 fully saturated rings. The highest BCUT2D eigenvalue weighted by Crippen LogP contribution is 2.40. The highest BCUT2D eigenvalue weighted by Gasteiger charge is 2.41. The van der Waals surface area contributed by atoms with Gasteiger partial charge in [-0.1, -0.05) is 19.1 Å². The number of rotatable bonds is 4. The summed E-state index contributed by atoms with van der Waals surface area (Å²) in [6.45, 7) is 4.26. The first-order chi connectivity index (χ1) is 20.1. The van der Waals surface area contributed by atoms with Crippen molar-refractivity contribution in [2.24, 2.45) is 0 Å². The highest BCUT2D eigenvalue weighted by molar-refractivity contribution is 5.99. The molecule has 1 unspecified atom stereocenters. The molecule has 1 aromatic carbocycles. The van der Waals surface area contributed by atoms with Gasteiger partial charge in [-0.15, -0.1) is 0 Å². The van der Waals surface area contributed by atoms with Gasteiger partial charge >= 0.3 is 6.18 Å². The molecule has 1 atom stereocenters. The summed E-state index contributed by atoms with van der Waals surface area (Å²) in [5.41, 5.74) is 8.86. The van der Waals surface area contributed by atoms with Crippen LogP contribution in [0.1, 0.15) is 75.4 Å². The summed E-state index contributed by atoms with van der Waals surface area (Å²) in [6.07, 6.45) is 1.55. The smallest absolute Gasteiger partial charge is 0.398 e. The van der Waals surface area contributed by atoms with Crippen molar-refractivity contribution < 1.29 is 22.8 Å². The van der Waals surface area contributed by atoms with Crippen LogP contribution in [0.15, 0.2) is 43.1 Å². The summed E-state index contributed by atoms with van der Waals surface area (Å²) in [5, 5.41) is 14.9. The number of carbonyl (C=O) groups is 2. The fourth-order valence-corrected chi connectivity index (χ4v) is 6.15. The fourth-order valence-electron chi connectivity index (χ4n) is 6.15. The Hall–Kier alpha value is -4.66. The Morgan fingerprint density at radius 1 is 1.17 bits per heavy atom. The Balaban J connectivity index is 1.42. The van der Waals surface area contributed by atoms with Crippen molar-refractivity contribution in [2.45, 2.75) is 50.2 Å². The summed E-state index contributed by atoms with van der Waals surface area (Å²) >= 11 is 0. The minimum atomic E-state index is -4.70. The lowest BCUT2D eigenvalue weighted by molar-refractivity contribution is -0.141. The molecule has 216 valence electrons. The van der Waals surface area contributed by atoms with E-state index < -0.39 is 23.8 Å². The van der Waals surface area contributed by atoms with Gasteiger partial charge in [0, 0.05) is 49.9 Å². The number of amides is 2. The molecule has 2 aliphatic heterocycles. The van der Waals surface area contributed by atoms with Gasteiger partial charge in [-0.2, -0.15) is 23.5 Å². The molecule has 2 N–H and O–H groups in total. The molecule has 0 bridgehead atoms. The first kappa shape index (κ1) is 27.5. The Morgan fingerprint density at radius 3 is 2.60 bits per heavy atom. The van der Waals surface area contributed by atoms with Crippen LogP contribution < -0.4 is 5.73 Å². The summed E-state index contributed by atoms with van der Waals surface area (Å²) in [5.74, 6) is -0.427. The first-order valence-electron chi connectivity index (χ1n) is 13.8. The maximum Gasteiger partial charge on any atom is 0.433 e. The normalized spacial score (nSPS) is 18.5. The van der Waals surface area contributed by atoms with Gasteiger partial charge in [0.2, 0.25) is 5.91 Å². The molecular formula is C30H28F3N7O2. The van der Waals surface area contributed by atoms with E-state index in [4.69, 9.17) is 10.8 Å². The van der Waals surface area contributed by atoms with Crippen LogP contribution in [0.3, 0.4) is 0 Å². The lowest BCUT2D eigenvalue weighted by Crippen LogP contribution is -2.46. The number of nitrogens with two attached hydrogens (primary N) is 1. The van der Waals surface area contributed by atoms with E-state index >= 15 is 0 Å². The first-order valence-corrected chi connectivity index (χ1v) is 13.8. The maximum atomic E-state index is 13.8. The third-order valence-electron chi connectivity index (χ3n) is 8.56. The molecule has 2 amide bonds. The number of halogens is 3. The number of nitrogen functional groups attached to an aromatic ring is 1. The third-order valence-corrected chi connectivity index (χ3v) is 8.56. The quantitative estimate of drug-likeness (QED) is 0.463. The van der Waals surface area contributed by atoms with Crippen molar-refractivity contribution in [1.29, 1.82) is 5.26 Å². The number of benzene rings is 1. The molecule has 42 heavy (non-hydrogen) atoms. The van der Waals surface area contributed by atoms with E-state index in [0.29, 0.717) is 48.3 Å². The van der Waals surface area contributed by atoms with Gasteiger partial charge in [-0.05, 0) is 48.6 Å². The number of aromatic nitrogens is 3. The number of hydrogen-bond donors (Lipinski definition) is 1. The molecule has 0 spiro atoms. The molecule has 6 rings (SSSR count). The Kier molecular flexibility index (Phi) is 6.75. The zero-order valence-corrected chi connectivity index (χ0v) is 22.7. The molecule has 1 saturated carbocycles. The van der Waals surface area contributed by atoms with Crippen LogP contribution in [0.25, 0.3) is 5.69 Å². The second kappa shape index (κ2) is 10.3. The number of pyridine rings is 1. The number of anilines is 1. The summed E-state index contributed by atoms with van der Waals surface area (Å²) in [7, 11) is 0. The van der Waals surface area contributed by atoms with Crippen LogP contribution in [-0.2, 0) is 23.8 Å². The van der Waals surface area contributed by atoms with E-state index in [0.717, 1.165) is 35.9 Å². The molecule has 2 aromatic heterocycles. The molecule has 12 heteroatoms. The number of hydrogen-bond acceptors (Lipinski definition) is 6. The predicted octanol–water partition coefficient (Wildman–Crippen LogP) is 4.32. The molecule has 9 nitrogen and oxygen atoms in total. The van der Waals surface area contributed by atoms with Crippen molar-refractivity contribution in [3.63, 3.8) is 0 Å². The largest absolute Gasteiger partial charge is 0.433 e. The average molecular weight is 576 g/mol. The predicted molar refractivity (Wildman–Crippen MR) is 146 cm³/mol. The van der Waals surface area contributed by atoms with Crippen LogP contribution in [-0.4, -0.2) is 56.0 Å². The van der Waals surface area contributed by atoms with E-state index in [9.17, 15) is 28.0 Å². The van der Waals surface area contributed by atoms with Crippen molar-refractivity contribution in [2.75, 3.05) is 25.4 Å². The van der Waals surface area contributed by atoms with E-state index in [1.165, 1.54) is 17.4 Å². The van der Waals surface area contributed by atoms with Gasteiger partial charge in [-0.3, -0.25) is 14.6 Å². The molecule has 3 aromatic rings. The molecule has 3 aliphatic rings. The number of nitriles is 1. The molecular weight excluding hydrogens is 547 g/mol. The maximum absolute atomic E-state index is 13.8. The Morgan fingerprint density at radius 2 is 1.95 bits per heavy atom. The van der Waals surface area contributed by atoms with E-state index in [-0.39, 0.29) is 30.2 Å². The van der Waals surface area contributed by atoms with Crippen LogP contribution in [0.5, 0.6) is 0 Å². The SMILES string of the molecule is C=CC(=O)N1CCc2nn(-c3ccc(C4CCC4)cc3C#N)c3c2C(C1)N(C(=O)c1cnc(C(F)(F)F)cc1N)CC3. The minimum absolute atomic E-state index is 0.141. The number of alkyl halides is 3. The van der Waals surface area contributed by atoms with Crippen molar-refractivity contribution in [3.8, 4) is 11.8 Å². The van der Waals surface area contributed by atoms with Crippen molar-refractivity contribution >= 4 is 17.5 Å². The van der Waals surface area contributed by atoms with Crippen LogP contribution in [0.2, 0.25) is 0 Å². The van der Waals surface area contributed by atoms with Gasteiger partial charge in [-0.25, -0.2) is 4.68 Å². The number of carbonyl (C=O) groups excluding carboxylic acids is 2. The second-order valence-electron chi connectivity index (χ2n) is 10.9. The van der Waals surface area contributed by atoms with E-state index in [1.807, 2.05) is 18.2 Å². The monoisotopic (exact) mass is 575 g/mol. The van der Waals surface area contributed by atoms with Crippen LogP contribution in [0.4, 0.5) is 18.9 Å². The second-order valence-corrected chi connectivity index (χ2v) is 10.9. The van der Waals surface area contributed by atoms with Gasteiger partial charge in [0.1, 0.15) is 11.8 Å². The van der Waals surface area contributed by atoms with Crippen molar-refractivity contribution in [3.05, 3.63) is 82.5 Å². The number of nitrogens with zero attached hydrogens (tertiary/aromatic N) is 6. The van der Waals surface area contributed by atoms with Gasteiger partial charge < -0.3 is 15.5 Å². The summed E-state index contributed by atoms with van der Waals surface area (Å²) in [6, 6.07) is 8.23. The summed E-state index contributed by atoms with van der Waals surface area (Å²) in [4.78, 5) is 33.0. The lowest BCUT2D eigenvalue weighted by atomic mass is 9.79. The standard InChI is InChI=1S/C30H28F3N7O2/c1-2-27(41)38-10-8-22-28-24(40(37-22)23-7-6-18(12-19(23)14-34)17-4-3-5-17)9-11-39(25(28)16-38)29(42)20-15-36-26(13-21(20)35)30(31,32)33/h2,6-7,12-13,15,17,25H,1,3-5,8-11,16H2,(H2,35,36). The topological polar surface area (TPSA) is 121 Å². The zero-order chi connectivity index (χ0) is 29.8. The van der Waals surface area contributed by atoms with Gasteiger partial charge in [0.15, 0.2) is 0 Å². The molecule has 4 heterocycles. The molecule has 1 aliphatic carbocycles. The molecule has 0 saturated heterocycles. The van der Waals surface area contributed by atoms with Crippen LogP contribution >= 0.6 is 0 Å². The zero-order valence-electron chi connectivity index (χ0n) is 22.7. The lowest BCUT2D eigenvalue weighted by Gasteiger charge is -2.38. The highest BCUT2D eigenvalue weighted by atomic mass is 19.4. The van der Waals surface area contributed by atoms with Crippen LogP contribution in [0, 0.1) is 11.3 Å². The Bertz CT molecular complexity index is 1650. The van der Waals surface area contributed by atoms with Crippen molar-refractivity contribution in [1.82, 2.24) is 24.6 Å². The Labute approximate surface area is 240 Å². The molecule has 0 radical (unpaired) electrons. The van der Waals surface area contributed by atoms with Gasteiger partial charge in [0.25, 0.3) is 5.91 Å². The summed E-state index contributed by atoms with van der Waals surface area (Å²) < 4.78 is 41.3. The van der Waals surface area contributed by atoms with E-state index in [2.05, 4.69) is 17.6 Å². The minimum Gasteiger partial charge on any atom is -0.398 e. The average Bonchev–Trinajstić information content (AvgIpc) is 3.20. The third kappa shape index (κ3) is 4.58. The van der Waals surface area contributed by atoms with Gasteiger partial charge in [0.05, 0.1) is 34.2 Å².